The van der Waals surface area contributed by atoms with Crippen molar-refractivity contribution in [2.45, 2.75) is 45.4 Å². The van der Waals surface area contributed by atoms with E-state index in [1.54, 1.807) is 0 Å². The fourth-order valence-electron chi connectivity index (χ4n) is 2.63. The van der Waals surface area contributed by atoms with Crippen LogP contribution < -0.4 is 0 Å². The van der Waals surface area contributed by atoms with Crippen LogP contribution in [0.5, 0.6) is 0 Å². The SMILES string of the molecule is CC1(C)CCC[C@H](c2nocc2C(=O)O)C1. The van der Waals surface area contributed by atoms with Crippen LogP contribution in [0.3, 0.4) is 0 Å². The Kier molecular flexibility index (Phi) is 2.74. The number of nitrogens with zero attached hydrogens (tertiary/aromatic N) is 1. The van der Waals surface area contributed by atoms with E-state index < -0.39 is 5.97 Å². The number of hydrogen-bond donors (Lipinski definition) is 1. The van der Waals surface area contributed by atoms with Gasteiger partial charge in [-0.2, -0.15) is 0 Å². The molecule has 0 spiro atoms. The second-order valence-corrected chi connectivity index (χ2v) is 5.38. The van der Waals surface area contributed by atoms with Crippen molar-refractivity contribution < 1.29 is 14.4 Å². The Hall–Kier alpha value is -1.32. The molecule has 1 aromatic heterocycles. The Bertz CT molecular complexity index is 395. The number of carboxylic acid groups (broad SMARTS) is 1. The Morgan fingerprint density at radius 1 is 1.62 bits per heavy atom. The molecular formula is C12H17NO3. The molecule has 1 saturated carbocycles. The molecule has 1 fully saturated rings. The second kappa shape index (κ2) is 3.92. The van der Waals surface area contributed by atoms with Crippen molar-refractivity contribution in [2.24, 2.45) is 5.41 Å². The third-order valence-electron chi connectivity index (χ3n) is 3.42. The summed E-state index contributed by atoms with van der Waals surface area (Å²) in [6.07, 6.45) is 5.56. The van der Waals surface area contributed by atoms with E-state index in [2.05, 4.69) is 19.0 Å². The first-order valence-electron chi connectivity index (χ1n) is 5.67. The van der Waals surface area contributed by atoms with Crippen LogP contribution in [0.4, 0.5) is 0 Å². The Balaban J connectivity index is 2.23. The molecule has 1 N–H and O–H groups in total. The van der Waals surface area contributed by atoms with E-state index >= 15 is 0 Å². The van der Waals surface area contributed by atoms with Crippen LogP contribution in [0.15, 0.2) is 10.8 Å². The number of carboxylic acids is 1. The number of carbonyl (C=O) groups is 1. The topological polar surface area (TPSA) is 63.3 Å². The van der Waals surface area contributed by atoms with E-state index in [9.17, 15) is 4.79 Å². The summed E-state index contributed by atoms with van der Waals surface area (Å²) < 4.78 is 4.80. The van der Waals surface area contributed by atoms with Crippen molar-refractivity contribution in [2.75, 3.05) is 0 Å². The van der Waals surface area contributed by atoms with Crippen LogP contribution in [0.1, 0.15) is 61.5 Å². The molecule has 1 atom stereocenters. The molecule has 1 aromatic rings. The van der Waals surface area contributed by atoms with Crippen molar-refractivity contribution in [1.29, 1.82) is 0 Å². The number of aromatic carboxylic acids is 1. The largest absolute Gasteiger partial charge is 0.478 e. The number of rotatable bonds is 2. The first-order chi connectivity index (χ1) is 7.49. The molecule has 0 saturated heterocycles. The van der Waals surface area contributed by atoms with Gasteiger partial charge in [0, 0.05) is 5.92 Å². The van der Waals surface area contributed by atoms with Gasteiger partial charge in [-0.05, 0) is 24.7 Å². The van der Waals surface area contributed by atoms with Gasteiger partial charge in [0.1, 0.15) is 17.5 Å². The summed E-state index contributed by atoms with van der Waals surface area (Å²) in [5, 5.41) is 12.9. The van der Waals surface area contributed by atoms with Gasteiger partial charge in [0.05, 0.1) is 0 Å². The molecule has 1 aliphatic carbocycles. The molecule has 16 heavy (non-hydrogen) atoms. The van der Waals surface area contributed by atoms with E-state index in [4.69, 9.17) is 9.63 Å². The summed E-state index contributed by atoms with van der Waals surface area (Å²) in [6.45, 7) is 4.44. The van der Waals surface area contributed by atoms with Gasteiger partial charge in [0.15, 0.2) is 0 Å². The first-order valence-corrected chi connectivity index (χ1v) is 5.67. The van der Waals surface area contributed by atoms with Crippen molar-refractivity contribution in [3.63, 3.8) is 0 Å². The lowest BCUT2D eigenvalue weighted by atomic mass is 9.71. The molecule has 4 nitrogen and oxygen atoms in total. The predicted molar refractivity (Wildman–Crippen MR) is 58.5 cm³/mol. The summed E-state index contributed by atoms with van der Waals surface area (Å²) >= 11 is 0. The van der Waals surface area contributed by atoms with Gasteiger partial charge in [0.2, 0.25) is 0 Å². The van der Waals surface area contributed by atoms with Crippen LogP contribution >= 0.6 is 0 Å². The minimum Gasteiger partial charge on any atom is -0.478 e. The molecule has 0 unspecified atom stereocenters. The first kappa shape index (κ1) is 11.2. The number of hydrogen-bond acceptors (Lipinski definition) is 3. The lowest BCUT2D eigenvalue weighted by molar-refractivity contribution is 0.0693. The lowest BCUT2D eigenvalue weighted by Gasteiger charge is -2.34. The molecule has 1 heterocycles. The smallest absolute Gasteiger partial charge is 0.340 e. The number of aromatic nitrogens is 1. The maximum Gasteiger partial charge on any atom is 0.340 e. The molecule has 2 rings (SSSR count). The average Bonchev–Trinajstić information content (AvgIpc) is 2.64. The summed E-state index contributed by atoms with van der Waals surface area (Å²) in [5.41, 5.74) is 1.13. The average molecular weight is 223 g/mol. The van der Waals surface area contributed by atoms with Gasteiger partial charge in [0.25, 0.3) is 0 Å². The Morgan fingerprint density at radius 3 is 3.00 bits per heavy atom. The fraction of sp³-hybridized carbons (Fsp3) is 0.667. The molecular weight excluding hydrogens is 206 g/mol. The molecule has 88 valence electrons. The summed E-state index contributed by atoms with van der Waals surface area (Å²) in [7, 11) is 0. The van der Waals surface area contributed by atoms with Crippen LogP contribution in [-0.4, -0.2) is 16.2 Å². The maximum atomic E-state index is 11.0. The lowest BCUT2D eigenvalue weighted by Crippen LogP contribution is -2.22. The second-order valence-electron chi connectivity index (χ2n) is 5.38. The van der Waals surface area contributed by atoms with E-state index in [1.807, 2.05) is 0 Å². The molecule has 0 amide bonds. The highest BCUT2D eigenvalue weighted by molar-refractivity contribution is 5.88. The predicted octanol–water partition coefficient (Wildman–Crippen LogP) is 3.06. The quantitative estimate of drug-likeness (QED) is 0.836. The molecule has 0 bridgehead atoms. The van der Waals surface area contributed by atoms with Crippen molar-refractivity contribution in [3.8, 4) is 0 Å². The zero-order valence-electron chi connectivity index (χ0n) is 9.69. The van der Waals surface area contributed by atoms with Crippen LogP contribution in [0.2, 0.25) is 0 Å². The molecule has 0 radical (unpaired) electrons. The molecule has 4 heteroatoms. The van der Waals surface area contributed by atoms with Gasteiger partial charge in [-0.25, -0.2) is 4.79 Å². The Labute approximate surface area is 94.6 Å². The van der Waals surface area contributed by atoms with Gasteiger partial charge in [-0.15, -0.1) is 0 Å². The fourth-order valence-corrected chi connectivity index (χ4v) is 2.63. The van der Waals surface area contributed by atoms with E-state index in [0.29, 0.717) is 5.69 Å². The zero-order valence-corrected chi connectivity index (χ0v) is 9.69. The van der Waals surface area contributed by atoms with Crippen LogP contribution in [0, 0.1) is 5.41 Å². The molecule has 0 aliphatic heterocycles. The van der Waals surface area contributed by atoms with Crippen molar-refractivity contribution in [1.82, 2.24) is 5.16 Å². The van der Waals surface area contributed by atoms with Crippen LogP contribution in [0.25, 0.3) is 0 Å². The minimum absolute atomic E-state index is 0.225. The molecule has 0 aromatic carbocycles. The normalized spacial score (nSPS) is 24.2. The van der Waals surface area contributed by atoms with Gasteiger partial charge in [-0.1, -0.05) is 25.4 Å². The van der Waals surface area contributed by atoms with E-state index in [-0.39, 0.29) is 16.9 Å². The zero-order chi connectivity index (χ0) is 11.8. The van der Waals surface area contributed by atoms with Gasteiger partial charge >= 0.3 is 5.97 Å². The summed E-state index contributed by atoms with van der Waals surface area (Å²) in [5.74, 6) is -0.715. The Morgan fingerprint density at radius 2 is 2.38 bits per heavy atom. The molecule has 1 aliphatic rings. The highest BCUT2D eigenvalue weighted by atomic mass is 16.5. The summed E-state index contributed by atoms with van der Waals surface area (Å²) in [6, 6.07) is 0. The minimum atomic E-state index is -0.945. The highest BCUT2D eigenvalue weighted by Crippen LogP contribution is 2.43. The summed E-state index contributed by atoms with van der Waals surface area (Å²) in [4.78, 5) is 11.0. The van der Waals surface area contributed by atoms with Crippen molar-refractivity contribution >= 4 is 5.97 Å². The maximum absolute atomic E-state index is 11.0. The third-order valence-corrected chi connectivity index (χ3v) is 3.42. The van der Waals surface area contributed by atoms with E-state index in [1.165, 1.54) is 12.7 Å². The monoisotopic (exact) mass is 223 g/mol. The highest BCUT2D eigenvalue weighted by Gasteiger charge is 2.32. The van der Waals surface area contributed by atoms with E-state index in [0.717, 1.165) is 19.3 Å². The van der Waals surface area contributed by atoms with Gasteiger partial charge in [-0.3, -0.25) is 0 Å². The van der Waals surface area contributed by atoms with Gasteiger partial charge < -0.3 is 9.63 Å². The standard InChI is InChI=1S/C12H17NO3/c1-12(2)5-3-4-8(6-12)10-9(11(14)15)7-16-13-10/h7-8H,3-6H2,1-2H3,(H,14,15)/t8-/m0/s1. The van der Waals surface area contributed by atoms with Crippen molar-refractivity contribution in [3.05, 3.63) is 17.5 Å². The third kappa shape index (κ3) is 2.10. The van der Waals surface area contributed by atoms with Crippen LogP contribution in [-0.2, 0) is 0 Å².